The highest BCUT2D eigenvalue weighted by Crippen LogP contribution is 2.22. The molecule has 100 valence electrons. The number of nitrogens with zero attached hydrogens (tertiary/aromatic N) is 1. The van der Waals surface area contributed by atoms with Crippen LogP contribution in [0.5, 0.6) is 0 Å². The monoisotopic (exact) mass is 279 g/mol. The van der Waals surface area contributed by atoms with Gasteiger partial charge in [-0.05, 0) is 18.4 Å². The summed E-state index contributed by atoms with van der Waals surface area (Å²) >= 11 is 6.05. The minimum atomic E-state index is -0.493. The maximum Gasteiger partial charge on any atom is 0.357 e. The van der Waals surface area contributed by atoms with E-state index in [1.165, 1.54) is 0 Å². The second-order valence-electron chi connectivity index (χ2n) is 3.85. The Labute approximate surface area is 116 Å². The molecular weight excluding hydrogens is 266 g/mol. The predicted molar refractivity (Wildman–Crippen MR) is 73.5 cm³/mol. The molecule has 0 amide bonds. The third kappa shape index (κ3) is 3.43. The number of carbonyl (C=O) groups excluding carboxylic acids is 1. The van der Waals surface area contributed by atoms with Gasteiger partial charge in [-0.15, -0.1) is 0 Å². The molecule has 0 bridgehead atoms. The van der Waals surface area contributed by atoms with Crippen LogP contribution < -0.4 is 0 Å². The fourth-order valence-corrected chi connectivity index (χ4v) is 1.94. The zero-order valence-corrected chi connectivity index (χ0v) is 11.3. The van der Waals surface area contributed by atoms with Crippen LogP contribution in [0.2, 0.25) is 5.15 Å². The van der Waals surface area contributed by atoms with E-state index >= 15 is 0 Å². The van der Waals surface area contributed by atoms with Gasteiger partial charge in [0.05, 0.1) is 6.61 Å². The van der Waals surface area contributed by atoms with Gasteiger partial charge in [-0.1, -0.05) is 35.9 Å². The van der Waals surface area contributed by atoms with Crippen molar-refractivity contribution in [2.75, 3.05) is 19.8 Å². The van der Waals surface area contributed by atoms with Crippen LogP contribution in [0.3, 0.4) is 0 Å². The molecule has 0 saturated heterocycles. The SMILES string of the molecule is CCOCCOC(=O)c1cc2ccccc2c(Cl)n1. The number of aromatic nitrogens is 1. The summed E-state index contributed by atoms with van der Waals surface area (Å²) in [5.41, 5.74) is 0.209. The Morgan fingerprint density at radius 1 is 1.32 bits per heavy atom. The van der Waals surface area contributed by atoms with E-state index in [1.54, 1.807) is 6.07 Å². The summed E-state index contributed by atoms with van der Waals surface area (Å²) < 4.78 is 10.1. The Kier molecular flexibility index (Phi) is 4.71. The van der Waals surface area contributed by atoms with Crippen molar-refractivity contribution in [1.82, 2.24) is 4.98 Å². The lowest BCUT2D eigenvalue weighted by molar-refractivity contribution is 0.0329. The number of pyridine rings is 1. The summed E-state index contributed by atoms with van der Waals surface area (Å²) in [4.78, 5) is 15.9. The predicted octanol–water partition coefficient (Wildman–Crippen LogP) is 3.08. The summed E-state index contributed by atoms with van der Waals surface area (Å²) in [6, 6.07) is 9.15. The Morgan fingerprint density at radius 2 is 2.11 bits per heavy atom. The average Bonchev–Trinajstić information content (AvgIpc) is 2.43. The number of ether oxygens (including phenoxy) is 2. The molecule has 1 aromatic heterocycles. The number of hydrogen-bond donors (Lipinski definition) is 0. The Bertz CT molecular complexity index is 586. The van der Waals surface area contributed by atoms with Gasteiger partial charge in [0.25, 0.3) is 0 Å². The number of halogens is 1. The van der Waals surface area contributed by atoms with Crippen molar-refractivity contribution in [3.63, 3.8) is 0 Å². The Morgan fingerprint density at radius 3 is 2.89 bits per heavy atom. The van der Waals surface area contributed by atoms with E-state index in [9.17, 15) is 4.79 Å². The van der Waals surface area contributed by atoms with Crippen molar-refractivity contribution < 1.29 is 14.3 Å². The smallest absolute Gasteiger partial charge is 0.357 e. The first kappa shape index (κ1) is 13.8. The fourth-order valence-electron chi connectivity index (χ4n) is 1.67. The van der Waals surface area contributed by atoms with E-state index in [1.807, 2.05) is 31.2 Å². The zero-order valence-electron chi connectivity index (χ0n) is 10.6. The largest absolute Gasteiger partial charge is 0.459 e. The van der Waals surface area contributed by atoms with Gasteiger partial charge < -0.3 is 9.47 Å². The van der Waals surface area contributed by atoms with Crippen LogP contribution in [0.25, 0.3) is 10.8 Å². The quantitative estimate of drug-likeness (QED) is 0.479. The second-order valence-corrected chi connectivity index (χ2v) is 4.21. The molecule has 5 heteroatoms. The third-order valence-corrected chi connectivity index (χ3v) is 2.86. The summed E-state index contributed by atoms with van der Waals surface area (Å²) in [7, 11) is 0. The Balaban J connectivity index is 2.14. The molecular formula is C14H14ClNO3. The van der Waals surface area contributed by atoms with Gasteiger partial charge in [-0.3, -0.25) is 0 Å². The van der Waals surface area contributed by atoms with Crippen molar-refractivity contribution in [3.8, 4) is 0 Å². The van der Waals surface area contributed by atoms with Gasteiger partial charge in [-0.2, -0.15) is 0 Å². The van der Waals surface area contributed by atoms with Gasteiger partial charge >= 0.3 is 5.97 Å². The maximum absolute atomic E-state index is 11.8. The van der Waals surface area contributed by atoms with Crippen molar-refractivity contribution in [2.45, 2.75) is 6.92 Å². The molecule has 0 spiro atoms. The summed E-state index contributed by atoms with van der Waals surface area (Å²) in [6.45, 7) is 3.06. The van der Waals surface area contributed by atoms with Crippen LogP contribution >= 0.6 is 11.6 Å². The lowest BCUT2D eigenvalue weighted by atomic mass is 10.1. The number of benzene rings is 1. The third-order valence-electron chi connectivity index (χ3n) is 2.57. The molecule has 0 unspecified atom stereocenters. The number of hydrogen-bond acceptors (Lipinski definition) is 4. The molecule has 0 aliphatic rings. The number of fused-ring (bicyclic) bond motifs is 1. The van der Waals surface area contributed by atoms with Gasteiger partial charge in [-0.25, -0.2) is 9.78 Å². The lowest BCUT2D eigenvalue weighted by Crippen LogP contribution is -2.12. The molecule has 2 rings (SSSR count). The standard InChI is InChI=1S/C14H14ClNO3/c1-2-18-7-8-19-14(17)12-9-10-5-3-4-6-11(10)13(15)16-12/h3-6,9H,2,7-8H2,1H3. The van der Waals surface area contributed by atoms with Crippen LogP contribution in [-0.2, 0) is 9.47 Å². The second kappa shape index (κ2) is 6.50. The first-order valence-electron chi connectivity index (χ1n) is 6.02. The van der Waals surface area contributed by atoms with Gasteiger partial charge in [0.15, 0.2) is 5.69 Å². The Hall–Kier alpha value is -1.65. The fraction of sp³-hybridized carbons (Fsp3) is 0.286. The molecule has 0 saturated carbocycles. The molecule has 4 nitrogen and oxygen atoms in total. The number of carbonyl (C=O) groups is 1. The molecule has 0 atom stereocenters. The molecule has 1 aromatic carbocycles. The molecule has 0 radical (unpaired) electrons. The molecule has 0 aliphatic heterocycles. The van der Waals surface area contributed by atoms with E-state index in [4.69, 9.17) is 21.1 Å². The molecule has 19 heavy (non-hydrogen) atoms. The summed E-state index contributed by atoms with van der Waals surface area (Å²) in [5.74, 6) is -0.493. The van der Waals surface area contributed by atoms with Gasteiger partial charge in [0.1, 0.15) is 11.8 Å². The first-order valence-corrected chi connectivity index (χ1v) is 6.40. The topological polar surface area (TPSA) is 48.4 Å². The molecule has 0 N–H and O–H groups in total. The van der Waals surface area contributed by atoms with Crippen LogP contribution in [0.15, 0.2) is 30.3 Å². The van der Waals surface area contributed by atoms with Crippen LogP contribution in [-0.4, -0.2) is 30.8 Å². The number of esters is 1. The van der Waals surface area contributed by atoms with Crippen molar-refractivity contribution in [3.05, 3.63) is 41.2 Å². The minimum absolute atomic E-state index is 0.207. The maximum atomic E-state index is 11.8. The molecule has 1 heterocycles. The summed E-state index contributed by atoms with van der Waals surface area (Å²) in [6.07, 6.45) is 0. The average molecular weight is 280 g/mol. The van der Waals surface area contributed by atoms with Crippen molar-refractivity contribution in [1.29, 1.82) is 0 Å². The van der Waals surface area contributed by atoms with E-state index in [-0.39, 0.29) is 12.3 Å². The molecule has 0 fully saturated rings. The minimum Gasteiger partial charge on any atom is -0.459 e. The van der Waals surface area contributed by atoms with E-state index in [0.29, 0.717) is 18.4 Å². The van der Waals surface area contributed by atoms with Crippen molar-refractivity contribution in [2.24, 2.45) is 0 Å². The molecule has 0 aliphatic carbocycles. The van der Waals surface area contributed by atoms with E-state index in [2.05, 4.69) is 4.98 Å². The van der Waals surface area contributed by atoms with Gasteiger partial charge in [0.2, 0.25) is 0 Å². The zero-order chi connectivity index (χ0) is 13.7. The highest BCUT2D eigenvalue weighted by atomic mass is 35.5. The highest BCUT2D eigenvalue weighted by Gasteiger charge is 2.12. The van der Waals surface area contributed by atoms with Crippen LogP contribution in [0.1, 0.15) is 17.4 Å². The first-order chi connectivity index (χ1) is 9.22. The number of rotatable bonds is 5. The van der Waals surface area contributed by atoms with Crippen LogP contribution in [0.4, 0.5) is 0 Å². The van der Waals surface area contributed by atoms with E-state index < -0.39 is 5.97 Å². The normalized spacial score (nSPS) is 10.6. The van der Waals surface area contributed by atoms with Gasteiger partial charge in [0, 0.05) is 12.0 Å². The van der Waals surface area contributed by atoms with Crippen molar-refractivity contribution >= 4 is 28.3 Å². The lowest BCUT2D eigenvalue weighted by Gasteiger charge is -2.06. The molecule has 2 aromatic rings. The van der Waals surface area contributed by atoms with Crippen LogP contribution in [0, 0.1) is 0 Å². The highest BCUT2D eigenvalue weighted by molar-refractivity contribution is 6.34. The van der Waals surface area contributed by atoms with E-state index in [0.717, 1.165) is 10.8 Å². The summed E-state index contributed by atoms with van der Waals surface area (Å²) in [5, 5.41) is 1.98.